The Bertz CT molecular complexity index is 892. The van der Waals surface area contributed by atoms with E-state index in [1.807, 2.05) is 17.9 Å². The fraction of sp³-hybridized carbons (Fsp3) is 0.318. The lowest BCUT2D eigenvalue weighted by molar-refractivity contribution is -0.118. The molecule has 1 saturated heterocycles. The van der Waals surface area contributed by atoms with Crippen LogP contribution in [0, 0.1) is 6.92 Å². The minimum atomic E-state index is -0.333. The Labute approximate surface area is 175 Å². The first-order valence-corrected chi connectivity index (χ1v) is 9.84. The van der Waals surface area contributed by atoms with E-state index in [1.54, 1.807) is 42.5 Å². The Morgan fingerprint density at radius 1 is 0.933 bits per heavy atom. The van der Waals surface area contributed by atoms with E-state index in [-0.39, 0.29) is 24.3 Å². The van der Waals surface area contributed by atoms with Crippen LogP contribution in [0.1, 0.15) is 15.9 Å². The maximum atomic E-state index is 12.1. The van der Waals surface area contributed by atoms with E-state index in [9.17, 15) is 14.4 Å². The van der Waals surface area contributed by atoms with E-state index < -0.39 is 0 Å². The molecule has 2 aromatic rings. The zero-order valence-corrected chi connectivity index (χ0v) is 16.9. The highest BCUT2D eigenvalue weighted by Gasteiger charge is 2.14. The van der Waals surface area contributed by atoms with Gasteiger partial charge in [0.2, 0.25) is 11.8 Å². The van der Waals surface area contributed by atoms with Crippen LogP contribution in [0.5, 0.6) is 0 Å². The average Bonchev–Trinajstić information content (AvgIpc) is 2.74. The highest BCUT2D eigenvalue weighted by Crippen LogP contribution is 2.13. The molecule has 1 fully saturated rings. The van der Waals surface area contributed by atoms with Gasteiger partial charge < -0.3 is 20.7 Å². The van der Waals surface area contributed by atoms with Gasteiger partial charge in [-0.25, -0.2) is 0 Å². The highest BCUT2D eigenvalue weighted by atomic mass is 16.5. The van der Waals surface area contributed by atoms with Crippen LogP contribution in [0.25, 0.3) is 0 Å². The zero-order chi connectivity index (χ0) is 21.3. The molecule has 8 heteroatoms. The number of anilines is 2. The molecule has 3 amide bonds. The molecule has 3 N–H and O–H groups in total. The Balaban J connectivity index is 1.42. The molecule has 0 aromatic heterocycles. The van der Waals surface area contributed by atoms with Crippen LogP contribution in [-0.2, 0) is 14.3 Å². The maximum absolute atomic E-state index is 12.1. The molecule has 2 aromatic carbocycles. The average molecular weight is 410 g/mol. The first-order chi connectivity index (χ1) is 14.5. The summed E-state index contributed by atoms with van der Waals surface area (Å²) in [6.07, 6.45) is 0. The van der Waals surface area contributed by atoms with Crippen LogP contribution in [0.15, 0.2) is 48.5 Å². The summed E-state index contributed by atoms with van der Waals surface area (Å²) in [6, 6.07) is 14.0. The van der Waals surface area contributed by atoms with Gasteiger partial charge in [-0.3, -0.25) is 19.3 Å². The summed E-state index contributed by atoms with van der Waals surface area (Å²) in [6.45, 7) is 4.88. The summed E-state index contributed by atoms with van der Waals surface area (Å²) >= 11 is 0. The second kappa shape index (κ2) is 10.5. The van der Waals surface area contributed by atoms with Crippen molar-refractivity contribution < 1.29 is 19.1 Å². The summed E-state index contributed by atoms with van der Waals surface area (Å²) in [5.74, 6) is -0.722. The first kappa shape index (κ1) is 21.5. The number of amides is 3. The number of nitrogens with one attached hydrogen (secondary N) is 3. The topological polar surface area (TPSA) is 99.8 Å². The SMILES string of the molecule is Cc1cccc(C(=O)NCC(=O)Nc2ccc(NC(=O)CN3CCOCC3)cc2)c1. The van der Waals surface area contributed by atoms with Crippen LogP contribution in [0.4, 0.5) is 11.4 Å². The fourth-order valence-corrected chi connectivity index (χ4v) is 3.05. The lowest BCUT2D eigenvalue weighted by Gasteiger charge is -2.25. The molecular formula is C22H26N4O4. The van der Waals surface area contributed by atoms with E-state index >= 15 is 0 Å². The summed E-state index contributed by atoms with van der Waals surface area (Å²) in [5, 5.41) is 8.16. The van der Waals surface area contributed by atoms with E-state index in [4.69, 9.17) is 4.74 Å². The number of carbonyl (C=O) groups excluding carboxylic acids is 3. The number of ether oxygens (including phenoxy) is 1. The van der Waals surface area contributed by atoms with E-state index in [0.717, 1.165) is 18.7 Å². The van der Waals surface area contributed by atoms with Crippen LogP contribution in [0.2, 0.25) is 0 Å². The van der Waals surface area contributed by atoms with Gasteiger partial charge in [0.05, 0.1) is 26.3 Å². The van der Waals surface area contributed by atoms with Gasteiger partial charge in [-0.2, -0.15) is 0 Å². The number of nitrogens with zero attached hydrogens (tertiary/aromatic N) is 1. The number of carbonyl (C=O) groups is 3. The minimum Gasteiger partial charge on any atom is -0.379 e. The van der Waals surface area contributed by atoms with Crippen molar-refractivity contribution in [2.45, 2.75) is 6.92 Å². The van der Waals surface area contributed by atoms with Crippen molar-refractivity contribution in [3.63, 3.8) is 0 Å². The number of morpholine rings is 1. The molecule has 1 aliphatic heterocycles. The van der Waals surface area contributed by atoms with Crippen molar-refractivity contribution in [1.82, 2.24) is 10.2 Å². The molecule has 0 bridgehead atoms. The number of rotatable bonds is 7. The minimum absolute atomic E-state index is 0.0902. The number of hydrogen-bond acceptors (Lipinski definition) is 5. The molecule has 0 saturated carbocycles. The van der Waals surface area contributed by atoms with Gasteiger partial charge in [0.25, 0.3) is 5.91 Å². The van der Waals surface area contributed by atoms with Crippen molar-refractivity contribution in [2.75, 3.05) is 50.0 Å². The first-order valence-electron chi connectivity index (χ1n) is 9.84. The van der Waals surface area contributed by atoms with Gasteiger partial charge in [-0.1, -0.05) is 17.7 Å². The Kier molecular flexibility index (Phi) is 7.53. The molecule has 0 aliphatic carbocycles. The van der Waals surface area contributed by atoms with E-state index in [0.29, 0.717) is 36.7 Å². The van der Waals surface area contributed by atoms with E-state index in [2.05, 4.69) is 16.0 Å². The van der Waals surface area contributed by atoms with Crippen molar-refractivity contribution >= 4 is 29.1 Å². The predicted octanol–water partition coefficient (Wildman–Crippen LogP) is 1.63. The second-order valence-corrected chi connectivity index (χ2v) is 7.11. The van der Waals surface area contributed by atoms with Gasteiger partial charge in [0, 0.05) is 30.0 Å². The summed E-state index contributed by atoms with van der Waals surface area (Å²) < 4.78 is 5.27. The standard InChI is InChI=1S/C22H26N4O4/c1-16-3-2-4-17(13-16)22(29)23-14-20(27)24-18-5-7-19(8-6-18)25-21(28)15-26-9-11-30-12-10-26/h2-8,13H,9-12,14-15H2,1H3,(H,23,29)(H,24,27)(H,25,28). The number of aryl methyl sites for hydroxylation is 1. The Morgan fingerprint density at radius 2 is 1.57 bits per heavy atom. The Morgan fingerprint density at radius 3 is 2.20 bits per heavy atom. The second-order valence-electron chi connectivity index (χ2n) is 7.11. The van der Waals surface area contributed by atoms with Crippen LogP contribution < -0.4 is 16.0 Å². The van der Waals surface area contributed by atoms with Crippen molar-refractivity contribution in [2.24, 2.45) is 0 Å². The summed E-state index contributed by atoms with van der Waals surface area (Å²) in [5.41, 5.74) is 2.72. The van der Waals surface area contributed by atoms with Gasteiger partial charge in [0.1, 0.15) is 0 Å². The molecule has 1 aliphatic rings. The van der Waals surface area contributed by atoms with Gasteiger partial charge in [-0.05, 0) is 43.3 Å². The van der Waals surface area contributed by atoms with Crippen LogP contribution >= 0.6 is 0 Å². The van der Waals surface area contributed by atoms with Gasteiger partial charge in [0.15, 0.2) is 0 Å². The predicted molar refractivity (Wildman–Crippen MR) is 114 cm³/mol. The smallest absolute Gasteiger partial charge is 0.251 e. The lowest BCUT2D eigenvalue weighted by Crippen LogP contribution is -2.41. The van der Waals surface area contributed by atoms with Gasteiger partial charge in [-0.15, -0.1) is 0 Å². The largest absolute Gasteiger partial charge is 0.379 e. The molecule has 158 valence electrons. The third kappa shape index (κ3) is 6.68. The molecule has 0 unspecified atom stereocenters. The number of benzene rings is 2. The third-order valence-electron chi connectivity index (χ3n) is 4.61. The normalized spacial score (nSPS) is 14.0. The van der Waals surface area contributed by atoms with Crippen LogP contribution in [-0.4, -0.2) is 62.0 Å². The highest BCUT2D eigenvalue weighted by molar-refractivity contribution is 5.99. The molecule has 0 radical (unpaired) electrons. The zero-order valence-electron chi connectivity index (χ0n) is 16.9. The van der Waals surface area contributed by atoms with Gasteiger partial charge >= 0.3 is 0 Å². The van der Waals surface area contributed by atoms with Crippen molar-refractivity contribution in [3.05, 3.63) is 59.7 Å². The van der Waals surface area contributed by atoms with Crippen molar-refractivity contribution in [3.8, 4) is 0 Å². The third-order valence-corrected chi connectivity index (χ3v) is 4.61. The van der Waals surface area contributed by atoms with E-state index in [1.165, 1.54) is 0 Å². The molecule has 0 atom stereocenters. The lowest BCUT2D eigenvalue weighted by atomic mass is 10.1. The van der Waals surface area contributed by atoms with Crippen LogP contribution in [0.3, 0.4) is 0 Å². The Hall–Kier alpha value is -3.23. The summed E-state index contributed by atoms with van der Waals surface area (Å²) in [4.78, 5) is 38.4. The summed E-state index contributed by atoms with van der Waals surface area (Å²) in [7, 11) is 0. The molecule has 0 spiro atoms. The van der Waals surface area contributed by atoms with Crippen molar-refractivity contribution in [1.29, 1.82) is 0 Å². The molecule has 8 nitrogen and oxygen atoms in total. The molecule has 30 heavy (non-hydrogen) atoms. The fourth-order valence-electron chi connectivity index (χ4n) is 3.05. The molecule has 3 rings (SSSR count). The quantitative estimate of drug-likeness (QED) is 0.644. The molecule has 1 heterocycles. The maximum Gasteiger partial charge on any atom is 0.251 e. The number of hydrogen-bond donors (Lipinski definition) is 3. The monoisotopic (exact) mass is 410 g/mol. The molecular weight excluding hydrogens is 384 g/mol.